The highest BCUT2D eigenvalue weighted by atomic mass is 14.9. The summed E-state index contributed by atoms with van der Waals surface area (Å²) in [6.45, 7) is 3.87. The lowest BCUT2D eigenvalue weighted by atomic mass is 9.93. The molecular weight excluding hydrogens is 619 g/mol. The van der Waals surface area contributed by atoms with E-state index in [0.717, 1.165) is 56.5 Å². The van der Waals surface area contributed by atoms with Gasteiger partial charge in [-0.2, -0.15) is 0 Å². The number of nitrogens with zero attached hydrogens (tertiary/aromatic N) is 3. The Kier molecular flexibility index (Phi) is 7.71. The van der Waals surface area contributed by atoms with Crippen molar-refractivity contribution in [2.75, 3.05) is 0 Å². The second-order valence-electron chi connectivity index (χ2n) is 12.8. The first-order chi connectivity index (χ1) is 25.2. The average Bonchev–Trinajstić information content (AvgIpc) is 3.20. The maximum atomic E-state index is 5.32. The monoisotopic (exact) mass is 651 g/mol. The fraction of sp³-hybridized carbons (Fsp3) is 0.0208. The van der Waals surface area contributed by atoms with Crippen molar-refractivity contribution in [2.45, 2.75) is 6.42 Å². The number of aromatic nitrogens is 2. The van der Waals surface area contributed by atoms with E-state index in [9.17, 15) is 0 Å². The summed E-state index contributed by atoms with van der Waals surface area (Å²) >= 11 is 0. The maximum absolute atomic E-state index is 5.32. The van der Waals surface area contributed by atoms with Crippen molar-refractivity contribution in [1.29, 1.82) is 0 Å². The van der Waals surface area contributed by atoms with E-state index in [1.54, 1.807) is 6.20 Å². The molecule has 1 aliphatic rings. The Morgan fingerprint density at radius 1 is 0.569 bits per heavy atom. The molecular formula is C48H33N3. The molecule has 3 heteroatoms. The zero-order valence-corrected chi connectivity index (χ0v) is 28.0. The van der Waals surface area contributed by atoms with E-state index in [2.05, 4.69) is 181 Å². The molecule has 8 aromatic rings. The summed E-state index contributed by atoms with van der Waals surface area (Å²) in [4.78, 5) is 15.3. The van der Waals surface area contributed by atoms with Gasteiger partial charge in [0.2, 0.25) is 0 Å². The van der Waals surface area contributed by atoms with Crippen LogP contribution in [0.15, 0.2) is 193 Å². The van der Waals surface area contributed by atoms with Crippen molar-refractivity contribution in [2.24, 2.45) is 4.99 Å². The average molecular weight is 652 g/mol. The molecule has 7 aromatic carbocycles. The molecule has 1 aliphatic carbocycles. The predicted molar refractivity (Wildman–Crippen MR) is 216 cm³/mol. The zero-order valence-electron chi connectivity index (χ0n) is 28.0. The van der Waals surface area contributed by atoms with Gasteiger partial charge in [0.25, 0.3) is 0 Å². The third-order valence-corrected chi connectivity index (χ3v) is 9.72. The summed E-state index contributed by atoms with van der Waals surface area (Å²) in [6, 6.07) is 49.5. The van der Waals surface area contributed by atoms with Gasteiger partial charge in [-0.25, -0.2) is 9.97 Å². The number of benzene rings is 7. The van der Waals surface area contributed by atoms with Crippen LogP contribution in [0.4, 0.5) is 0 Å². The molecule has 0 saturated heterocycles. The standard InChI is InChI=1S/C48H33N3/c1-2-49-45(28-32-14-4-3-5-15-32)33-24-26-34(27-25-33)48-50-46(43-29-35-16-6-8-18-37(35)39-20-10-12-22-41(39)43)31-47(51-48)44-30-36-17-7-9-19-38(36)40-21-11-13-23-42(40)44/h2-14,16-31H,1,15H2/b32-28-,49-45+. The van der Waals surface area contributed by atoms with Crippen LogP contribution < -0.4 is 0 Å². The van der Waals surface area contributed by atoms with Crippen LogP contribution in [0.3, 0.4) is 0 Å². The van der Waals surface area contributed by atoms with Gasteiger partial charge < -0.3 is 0 Å². The summed E-state index contributed by atoms with van der Waals surface area (Å²) in [5.41, 5.74) is 7.94. The Balaban J connectivity index is 1.26. The van der Waals surface area contributed by atoms with Crippen LogP contribution in [0.25, 0.3) is 77.0 Å². The molecule has 0 N–H and O–H groups in total. The quantitative estimate of drug-likeness (QED) is 0.133. The first-order valence-corrected chi connectivity index (χ1v) is 17.3. The van der Waals surface area contributed by atoms with Crippen LogP contribution in [0.2, 0.25) is 0 Å². The summed E-state index contributed by atoms with van der Waals surface area (Å²) < 4.78 is 0. The molecule has 1 heterocycles. The van der Waals surface area contributed by atoms with E-state index >= 15 is 0 Å². The van der Waals surface area contributed by atoms with Crippen molar-refractivity contribution in [3.8, 4) is 33.9 Å². The minimum absolute atomic E-state index is 0.671. The largest absolute Gasteiger partial charge is 0.257 e. The zero-order chi connectivity index (χ0) is 34.1. The Bertz CT molecular complexity index is 2640. The summed E-state index contributed by atoms with van der Waals surface area (Å²) in [7, 11) is 0. The highest BCUT2D eigenvalue weighted by Gasteiger charge is 2.17. The number of fused-ring (bicyclic) bond motifs is 6. The van der Waals surface area contributed by atoms with Gasteiger partial charge in [-0.3, -0.25) is 4.99 Å². The van der Waals surface area contributed by atoms with E-state index in [1.165, 1.54) is 37.9 Å². The second-order valence-corrected chi connectivity index (χ2v) is 12.8. The minimum atomic E-state index is 0.671. The number of hydrogen-bond acceptors (Lipinski definition) is 3. The van der Waals surface area contributed by atoms with Crippen molar-refractivity contribution < 1.29 is 0 Å². The Hall–Kier alpha value is -6.71. The van der Waals surface area contributed by atoms with Crippen LogP contribution in [-0.4, -0.2) is 15.7 Å². The Labute approximate surface area is 297 Å². The smallest absolute Gasteiger partial charge is 0.160 e. The molecule has 240 valence electrons. The Morgan fingerprint density at radius 2 is 1.10 bits per heavy atom. The molecule has 3 nitrogen and oxygen atoms in total. The van der Waals surface area contributed by atoms with Crippen molar-refractivity contribution >= 4 is 48.8 Å². The molecule has 0 unspecified atom stereocenters. The van der Waals surface area contributed by atoms with Gasteiger partial charge in [-0.15, -0.1) is 0 Å². The summed E-state index contributed by atoms with van der Waals surface area (Å²) in [5.74, 6) is 0.671. The normalized spacial score (nSPS) is 13.9. The van der Waals surface area contributed by atoms with E-state index in [-0.39, 0.29) is 0 Å². The van der Waals surface area contributed by atoms with Crippen LogP contribution >= 0.6 is 0 Å². The van der Waals surface area contributed by atoms with Crippen LogP contribution in [-0.2, 0) is 0 Å². The third-order valence-electron chi connectivity index (χ3n) is 9.72. The third kappa shape index (κ3) is 5.65. The molecule has 0 bridgehead atoms. The van der Waals surface area contributed by atoms with E-state index in [1.807, 2.05) is 0 Å². The van der Waals surface area contributed by atoms with Gasteiger partial charge in [-0.05, 0) is 79.4 Å². The number of rotatable bonds is 6. The van der Waals surface area contributed by atoms with Gasteiger partial charge >= 0.3 is 0 Å². The van der Waals surface area contributed by atoms with Crippen molar-refractivity contribution in [3.05, 3.63) is 194 Å². The molecule has 0 spiro atoms. The summed E-state index contributed by atoms with van der Waals surface area (Å²) in [6.07, 6.45) is 13.0. The topological polar surface area (TPSA) is 38.1 Å². The van der Waals surface area contributed by atoms with Gasteiger partial charge in [0, 0.05) is 28.5 Å². The summed E-state index contributed by atoms with van der Waals surface area (Å²) in [5, 5.41) is 9.56. The molecule has 0 radical (unpaired) electrons. The van der Waals surface area contributed by atoms with E-state index < -0.39 is 0 Å². The van der Waals surface area contributed by atoms with Crippen LogP contribution in [0, 0.1) is 0 Å². The number of hydrogen-bond donors (Lipinski definition) is 0. The maximum Gasteiger partial charge on any atom is 0.160 e. The van der Waals surface area contributed by atoms with Crippen molar-refractivity contribution in [1.82, 2.24) is 9.97 Å². The fourth-order valence-electron chi connectivity index (χ4n) is 7.28. The molecule has 1 aromatic heterocycles. The molecule has 9 rings (SSSR count). The lowest BCUT2D eigenvalue weighted by Crippen LogP contribution is -2.00. The predicted octanol–water partition coefficient (Wildman–Crippen LogP) is 12.5. The van der Waals surface area contributed by atoms with Crippen LogP contribution in [0.1, 0.15) is 12.0 Å². The SMILES string of the molecule is C=C/N=C(\C=C1\C=CC=CC1)c1ccc(-c2nc(-c3cc4ccccc4c4ccccc34)cc(-c3cc4ccccc4c4ccccc34)n2)cc1. The fourth-order valence-corrected chi connectivity index (χ4v) is 7.28. The van der Waals surface area contributed by atoms with E-state index in [0.29, 0.717) is 5.82 Å². The Morgan fingerprint density at radius 3 is 1.63 bits per heavy atom. The van der Waals surface area contributed by atoms with Gasteiger partial charge in [-0.1, -0.05) is 152 Å². The highest BCUT2D eigenvalue weighted by molar-refractivity contribution is 6.15. The molecule has 0 aliphatic heterocycles. The lowest BCUT2D eigenvalue weighted by molar-refractivity contribution is 1.19. The first kappa shape index (κ1) is 30.4. The van der Waals surface area contributed by atoms with Gasteiger partial charge in [0.1, 0.15) is 0 Å². The molecule has 0 saturated carbocycles. The van der Waals surface area contributed by atoms with Crippen LogP contribution in [0.5, 0.6) is 0 Å². The van der Waals surface area contributed by atoms with Gasteiger partial charge in [0.15, 0.2) is 5.82 Å². The molecule has 0 atom stereocenters. The molecule has 0 fully saturated rings. The lowest BCUT2D eigenvalue weighted by Gasteiger charge is -2.15. The number of aliphatic imine (C=N–C) groups is 1. The minimum Gasteiger partial charge on any atom is -0.257 e. The van der Waals surface area contributed by atoms with Crippen molar-refractivity contribution in [3.63, 3.8) is 0 Å². The highest BCUT2D eigenvalue weighted by Crippen LogP contribution is 2.39. The molecule has 0 amide bonds. The number of allylic oxidation sites excluding steroid dienone is 6. The molecule has 51 heavy (non-hydrogen) atoms. The second kappa shape index (κ2) is 13.0. The first-order valence-electron chi connectivity index (χ1n) is 17.3. The van der Waals surface area contributed by atoms with Gasteiger partial charge in [0.05, 0.1) is 17.1 Å². The van der Waals surface area contributed by atoms with E-state index in [4.69, 9.17) is 9.97 Å².